The standard InChI is InChI=1S/C26H27ClN2O6/c1-16(2)35-22-12-8-19(14-24(22)33-4)26(31)29-28-25(30)18-7-11-21(23(13-18)32-3)34-15-17-5-9-20(27)10-6-17/h5-14,16H,15H2,1-4H3,(H,28,30)(H,29,31). The molecule has 3 aromatic carbocycles. The maximum Gasteiger partial charge on any atom is 0.269 e. The first kappa shape index (κ1) is 25.7. The summed E-state index contributed by atoms with van der Waals surface area (Å²) < 4.78 is 22.1. The van der Waals surface area contributed by atoms with E-state index in [1.807, 2.05) is 26.0 Å². The lowest BCUT2D eigenvalue weighted by Gasteiger charge is -2.15. The largest absolute Gasteiger partial charge is 0.493 e. The van der Waals surface area contributed by atoms with Crippen LogP contribution in [0.5, 0.6) is 23.0 Å². The zero-order valence-electron chi connectivity index (χ0n) is 19.9. The number of hydrogen-bond donors (Lipinski definition) is 2. The Hall–Kier alpha value is -3.91. The van der Waals surface area contributed by atoms with Crippen molar-refractivity contribution in [3.05, 3.63) is 82.4 Å². The molecule has 0 radical (unpaired) electrons. The quantitative estimate of drug-likeness (QED) is 0.411. The zero-order valence-corrected chi connectivity index (χ0v) is 20.6. The van der Waals surface area contributed by atoms with Crippen LogP contribution in [0.15, 0.2) is 60.7 Å². The highest BCUT2D eigenvalue weighted by molar-refractivity contribution is 6.30. The molecule has 0 aliphatic heterocycles. The monoisotopic (exact) mass is 498 g/mol. The summed E-state index contributed by atoms with van der Waals surface area (Å²) in [5.74, 6) is 0.752. The van der Waals surface area contributed by atoms with E-state index in [9.17, 15) is 9.59 Å². The van der Waals surface area contributed by atoms with Crippen LogP contribution in [0.1, 0.15) is 40.1 Å². The Morgan fingerprint density at radius 2 is 1.29 bits per heavy atom. The first-order valence-electron chi connectivity index (χ1n) is 10.8. The van der Waals surface area contributed by atoms with Crippen molar-refractivity contribution in [1.29, 1.82) is 0 Å². The van der Waals surface area contributed by atoms with Gasteiger partial charge in [-0.25, -0.2) is 0 Å². The predicted octanol–water partition coefficient (Wildman–Crippen LogP) is 4.80. The maximum atomic E-state index is 12.6. The highest BCUT2D eigenvalue weighted by atomic mass is 35.5. The van der Waals surface area contributed by atoms with Gasteiger partial charge >= 0.3 is 0 Å². The molecule has 0 atom stereocenters. The van der Waals surface area contributed by atoms with Gasteiger partial charge in [0.15, 0.2) is 23.0 Å². The van der Waals surface area contributed by atoms with E-state index in [-0.39, 0.29) is 11.7 Å². The van der Waals surface area contributed by atoms with Gasteiger partial charge in [0.2, 0.25) is 0 Å². The minimum atomic E-state index is -0.521. The molecule has 0 spiro atoms. The van der Waals surface area contributed by atoms with Crippen LogP contribution in [0, 0.1) is 0 Å². The second-order valence-electron chi connectivity index (χ2n) is 7.72. The number of methoxy groups -OCH3 is 2. The lowest BCUT2D eigenvalue weighted by Crippen LogP contribution is -2.41. The molecule has 0 bridgehead atoms. The number of nitrogens with one attached hydrogen (secondary N) is 2. The lowest BCUT2D eigenvalue weighted by molar-refractivity contribution is 0.0846. The topological polar surface area (TPSA) is 95.1 Å². The molecule has 3 rings (SSSR count). The van der Waals surface area contributed by atoms with Crippen molar-refractivity contribution in [3.8, 4) is 23.0 Å². The Bertz CT molecular complexity index is 1180. The summed E-state index contributed by atoms with van der Waals surface area (Å²) in [4.78, 5) is 25.1. The molecule has 0 heterocycles. The number of benzene rings is 3. The van der Waals surface area contributed by atoms with Gasteiger partial charge in [-0.05, 0) is 67.9 Å². The summed E-state index contributed by atoms with van der Waals surface area (Å²) in [5, 5.41) is 0.644. The molecule has 0 saturated heterocycles. The van der Waals surface area contributed by atoms with E-state index in [1.54, 1.807) is 36.4 Å². The van der Waals surface area contributed by atoms with Crippen LogP contribution in [0.4, 0.5) is 0 Å². The SMILES string of the molecule is COc1cc(C(=O)NNC(=O)c2ccc(OC(C)C)c(OC)c2)ccc1OCc1ccc(Cl)cc1. The van der Waals surface area contributed by atoms with E-state index >= 15 is 0 Å². The van der Waals surface area contributed by atoms with E-state index in [1.165, 1.54) is 26.4 Å². The molecule has 0 saturated carbocycles. The first-order chi connectivity index (χ1) is 16.8. The van der Waals surface area contributed by atoms with Crippen LogP contribution in [-0.2, 0) is 6.61 Å². The van der Waals surface area contributed by atoms with Crippen molar-refractivity contribution < 1.29 is 28.5 Å². The average Bonchev–Trinajstić information content (AvgIpc) is 2.86. The Morgan fingerprint density at radius 3 is 1.80 bits per heavy atom. The summed E-state index contributed by atoms with van der Waals surface area (Å²) in [6.07, 6.45) is -0.0471. The van der Waals surface area contributed by atoms with Crippen molar-refractivity contribution in [2.45, 2.75) is 26.6 Å². The predicted molar refractivity (Wildman–Crippen MR) is 132 cm³/mol. The lowest BCUT2D eigenvalue weighted by atomic mass is 10.2. The van der Waals surface area contributed by atoms with Crippen molar-refractivity contribution in [1.82, 2.24) is 10.9 Å². The third-order valence-corrected chi connectivity index (χ3v) is 5.06. The fraction of sp³-hybridized carbons (Fsp3) is 0.231. The van der Waals surface area contributed by atoms with Crippen molar-refractivity contribution in [2.75, 3.05) is 14.2 Å². The van der Waals surface area contributed by atoms with Gasteiger partial charge in [-0.3, -0.25) is 20.4 Å². The molecule has 8 nitrogen and oxygen atoms in total. The fourth-order valence-corrected chi connectivity index (χ4v) is 3.21. The molecular weight excluding hydrogens is 472 g/mol. The average molecular weight is 499 g/mol. The van der Waals surface area contributed by atoms with Crippen molar-refractivity contribution >= 4 is 23.4 Å². The summed E-state index contributed by atoms with van der Waals surface area (Å²) in [6.45, 7) is 4.09. The van der Waals surface area contributed by atoms with E-state index < -0.39 is 11.8 Å². The molecule has 2 N–H and O–H groups in total. The Kier molecular flexibility index (Phi) is 8.80. The molecule has 3 aromatic rings. The second kappa shape index (κ2) is 12.0. The minimum absolute atomic E-state index is 0.0471. The highest BCUT2D eigenvalue weighted by Crippen LogP contribution is 2.30. The van der Waals surface area contributed by atoms with Gasteiger partial charge < -0.3 is 18.9 Å². The minimum Gasteiger partial charge on any atom is -0.493 e. The van der Waals surface area contributed by atoms with Gasteiger partial charge in [0.1, 0.15) is 6.61 Å². The molecule has 0 unspecified atom stereocenters. The van der Waals surface area contributed by atoms with E-state index in [4.69, 9.17) is 30.5 Å². The van der Waals surface area contributed by atoms with E-state index in [2.05, 4.69) is 10.9 Å². The summed E-state index contributed by atoms with van der Waals surface area (Å²) >= 11 is 5.90. The third-order valence-electron chi connectivity index (χ3n) is 4.81. The number of rotatable bonds is 9. The molecule has 0 aliphatic carbocycles. The van der Waals surface area contributed by atoms with Crippen LogP contribution >= 0.6 is 11.6 Å². The number of halogens is 1. The Labute approximate surface area is 209 Å². The van der Waals surface area contributed by atoms with Gasteiger partial charge in [0.25, 0.3) is 11.8 Å². The van der Waals surface area contributed by atoms with Crippen LogP contribution in [-0.4, -0.2) is 32.1 Å². The van der Waals surface area contributed by atoms with Crippen LogP contribution < -0.4 is 29.8 Å². The summed E-state index contributed by atoms with van der Waals surface area (Å²) in [5.41, 5.74) is 6.29. The molecule has 184 valence electrons. The molecule has 0 fully saturated rings. The van der Waals surface area contributed by atoms with E-state index in [0.717, 1.165) is 5.56 Å². The molecule has 0 aliphatic rings. The van der Waals surface area contributed by atoms with Gasteiger partial charge in [0, 0.05) is 16.1 Å². The summed E-state index contributed by atoms with van der Waals surface area (Å²) in [7, 11) is 2.97. The van der Waals surface area contributed by atoms with Crippen LogP contribution in [0.25, 0.3) is 0 Å². The number of carbonyl (C=O) groups is 2. The zero-order chi connectivity index (χ0) is 25.4. The van der Waals surface area contributed by atoms with Gasteiger partial charge in [-0.2, -0.15) is 0 Å². The number of amides is 2. The van der Waals surface area contributed by atoms with Gasteiger partial charge in [-0.15, -0.1) is 0 Å². The van der Waals surface area contributed by atoms with Crippen molar-refractivity contribution in [2.24, 2.45) is 0 Å². The second-order valence-corrected chi connectivity index (χ2v) is 8.16. The van der Waals surface area contributed by atoms with Crippen molar-refractivity contribution in [3.63, 3.8) is 0 Å². The highest BCUT2D eigenvalue weighted by Gasteiger charge is 2.15. The number of carbonyl (C=O) groups excluding carboxylic acids is 2. The number of hydrogen-bond acceptors (Lipinski definition) is 6. The van der Waals surface area contributed by atoms with Crippen LogP contribution in [0.2, 0.25) is 5.02 Å². The van der Waals surface area contributed by atoms with E-state index in [0.29, 0.717) is 40.2 Å². The number of hydrazine groups is 1. The normalized spacial score (nSPS) is 10.5. The number of ether oxygens (including phenoxy) is 4. The van der Waals surface area contributed by atoms with Gasteiger partial charge in [-0.1, -0.05) is 23.7 Å². The molecular formula is C26H27ClN2O6. The smallest absolute Gasteiger partial charge is 0.269 e. The Morgan fingerprint density at radius 1 is 0.771 bits per heavy atom. The molecule has 35 heavy (non-hydrogen) atoms. The fourth-order valence-electron chi connectivity index (χ4n) is 3.09. The first-order valence-corrected chi connectivity index (χ1v) is 11.2. The Balaban J connectivity index is 1.62. The summed E-state index contributed by atoms with van der Waals surface area (Å²) in [6, 6.07) is 16.8. The maximum absolute atomic E-state index is 12.6. The van der Waals surface area contributed by atoms with Crippen LogP contribution in [0.3, 0.4) is 0 Å². The third kappa shape index (κ3) is 7.04. The molecule has 0 aromatic heterocycles. The molecule has 9 heteroatoms. The molecule has 2 amide bonds. The van der Waals surface area contributed by atoms with Gasteiger partial charge in [0.05, 0.1) is 20.3 Å².